The number of benzene rings is 2. The number of para-hydroxylation sites is 1. The summed E-state index contributed by atoms with van der Waals surface area (Å²) in [6, 6.07) is 17.8. The predicted octanol–water partition coefficient (Wildman–Crippen LogP) is 5.38. The van der Waals surface area contributed by atoms with Crippen molar-refractivity contribution in [3.63, 3.8) is 0 Å². The molecule has 4 rings (SSSR count). The van der Waals surface area contributed by atoms with Crippen LogP contribution in [-0.2, 0) is 12.8 Å². The first-order valence-electron chi connectivity index (χ1n) is 9.56. The van der Waals surface area contributed by atoms with Crippen molar-refractivity contribution in [2.75, 3.05) is 5.73 Å². The standard InChI is InChI=1S/C14H10N2O.C10H15N/c1-9(17)12-7-6-11-5-4-10-3-2-8-15-13(10)14(11)16-12;1-3-8-6-5-7-9(4-2)10(8)11/h2-8H,1H3;5-7H,3-4,11H2,1-2H3. The maximum atomic E-state index is 11.3. The molecule has 0 fully saturated rings. The van der Waals surface area contributed by atoms with Crippen LogP contribution >= 0.6 is 0 Å². The Labute approximate surface area is 165 Å². The van der Waals surface area contributed by atoms with Gasteiger partial charge in [-0.3, -0.25) is 9.78 Å². The molecule has 0 bridgehead atoms. The molecular formula is C24H25N3O. The Hall–Kier alpha value is -3.27. The van der Waals surface area contributed by atoms with Crippen LogP contribution < -0.4 is 5.73 Å². The summed E-state index contributed by atoms with van der Waals surface area (Å²) in [6.45, 7) is 5.78. The highest BCUT2D eigenvalue weighted by Gasteiger charge is 2.06. The zero-order valence-electron chi connectivity index (χ0n) is 16.6. The number of pyridine rings is 2. The van der Waals surface area contributed by atoms with Crippen molar-refractivity contribution in [1.29, 1.82) is 0 Å². The third-order valence-corrected chi connectivity index (χ3v) is 4.84. The van der Waals surface area contributed by atoms with E-state index in [0.29, 0.717) is 5.69 Å². The van der Waals surface area contributed by atoms with E-state index in [1.54, 1.807) is 12.3 Å². The minimum absolute atomic E-state index is 0.0279. The van der Waals surface area contributed by atoms with Gasteiger partial charge in [0.05, 0.1) is 11.0 Å². The number of Topliss-reactive ketones (excluding diaryl/α,β-unsaturated/α-hetero) is 1. The molecule has 0 atom stereocenters. The van der Waals surface area contributed by atoms with Gasteiger partial charge in [0.25, 0.3) is 0 Å². The quantitative estimate of drug-likeness (QED) is 0.298. The summed E-state index contributed by atoms with van der Waals surface area (Å²) in [7, 11) is 0. The minimum atomic E-state index is -0.0279. The average molecular weight is 371 g/mol. The second-order valence-corrected chi connectivity index (χ2v) is 6.66. The molecule has 0 aliphatic heterocycles. The third kappa shape index (κ3) is 4.01. The highest BCUT2D eigenvalue weighted by molar-refractivity contribution is 6.04. The number of anilines is 1. The number of carbonyl (C=O) groups is 1. The first-order valence-corrected chi connectivity index (χ1v) is 9.56. The molecule has 2 aromatic carbocycles. The van der Waals surface area contributed by atoms with Crippen molar-refractivity contribution in [3.05, 3.63) is 77.6 Å². The van der Waals surface area contributed by atoms with Crippen LogP contribution in [0, 0.1) is 0 Å². The van der Waals surface area contributed by atoms with E-state index in [4.69, 9.17) is 5.73 Å². The Balaban J connectivity index is 0.000000178. The van der Waals surface area contributed by atoms with Crippen molar-refractivity contribution in [1.82, 2.24) is 9.97 Å². The second kappa shape index (κ2) is 8.61. The Morgan fingerprint density at radius 1 is 0.857 bits per heavy atom. The SMILES string of the molecule is CC(=O)c1ccc2ccc3cccnc3c2n1.CCc1cccc(CC)c1N. The lowest BCUT2D eigenvalue weighted by molar-refractivity contribution is 0.101. The van der Waals surface area contributed by atoms with Crippen LogP contribution in [0.25, 0.3) is 21.8 Å². The summed E-state index contributed by atoms with van der Waals surface area (Å²) < 4.78 is 0. The summed E-state index contributed by atoms with van der Waals surface area (Å²) in [4.78, 5) is 20.1. The molecule has 28 heavy (non-hydrogen) atoms. The highest BCUT2D eigenvalue weighted by Crippen LogP contribution is 2.22. The molecule has 0 radical (unpaired) electrons. The zero-order valence-corrected chi connectivity index (χ0v) is 16.6. The Kier molecular flexibility index (Phi) is 5.99. The summed E-state index contributed by atoms with van der Waals surface area (Å²) in [6.07, 6.45) is 3.79. The number of ketones is 1. The monoisotopic (exact) mass is 371 g/mol. The average Bonchev–Trinajstić information content (AvgIpc) is 2.74. The van der Waals surface area contributed by atoms with Gasteiger partial charge in [0.15, 0.2) is 5.78 Å². The van der Waals surface area contributed by atoms with Gasteiger partial charge in [-0.05, 0) is 36.1 Å². The van der Waals surface area contributed by atoms with Gasteiger partial charge in [-0.15, -0.1) is 0 Å². The van der Waals surface area contributed by atoms with Gasteiger partial charge in [0.1, 0.15) is 5.69 Å². The molecule has 4 aromatic rings. The first kappa shape index (κ1) is 19.5. The van der Waals surface area contributed by atoms with Crippen molar-refractivity contribution < 1.29 is 4.79 Å². The van der Waals surface area contributed by atoms with E-state index < -0.39 is 0 Å². The normalized spacial score (nSPS) is 10.5. The molecule has 0 saturated heterocycles. The van der Waals surface area contributed by atoms with Gasteiger partial charge >= 0.3 is 0 Å². The van der Waals surface area contributed by atoms with Crippen LogP contribution in [0.15, 0.2) is 60.8 Å². The third-order valence-electron chi connectivity index (χ3n) is 4.84. The predicted molar refractivity (Wildman–Crippen MR) is 117 cm³/mol. The van der Waals surface area contributed by atoms with Crippen molar-refractivity contribution in [2.45, 2.75) is 33.6 Å². The fraction of sp³-hybridized carbons (Fsp3) is 0.208. The van der Waals surface area contributed by atoms with E-state index in [9.17, 15) is 4.79 Å². The number of hydrogen-bond acceptors (Lipinski definition) is 4. The molecule has 0 amide bonds. The van der Waals surface area contributed by atoms with Gasteiger partial charge in [-0.25, -0.2) is 4.98 Å². The molecule has 0 spiro atoms. The number of nitrogen functional groups attached to an aromatic ring is 1. The van der Waals surface area contributed by atoms with E-state index in [-0.39, 0.29) is 5.78 Å². The lowest BCUT2D eigenvalue weighted by Gasteiger charge is -2.06. The number of fused-ring (bicyclic) bond motifs is 3. The van der Waals surface area contributed by atoms with E-state index >= 15 is 0 Å². The Bertz CT molecular complexity index is 1110. The maximum Gasteiger partial charge on any atom is 0.178 e. The first-order chi connectivity index (χ1) is 13.5. The Morgan fingerprint density at radius 2 is 1.46 bits per heavy atom. The summed E-state index contributed by atoms with van der Waals surface area (Å²) in [5, 5.41) is 2.04. The van der Waals surface area contributed by atoms with Crippen LogP contribution in [0.4, 0.5) is 5.69 Å². The van der Waals surface area contributed by atoms with Crippen LogP contribution in [0.1, 0.15) is 42.4 Å². The molecule has 4 heteroatoms. The topological polar surface area (TPSA) is 68.9 Å². The molecule has 0 aliphatic carbocycles. The number of hydrogen-bond donors (Lipinski definition) is 1. The number of nitrogens with zero attached hydrogens (tertiary/aromatic N) is 2. The molecular weight excluding hydrogens is 346 g/mol. The molecule has 2 N–H and O–H groups in total. The molecule has 142 valence electrons. The largest absolute Gasteiger partial charge is 0.398 e. The Morgan fingerprint density at radius 3 is 2.07 bits per heavy atom. The second-order valence-electron chi connectivity index (χ2n) is 6.66. The van der Waals surface area contributed by atoms with Gasteiger partial charge in [0.2, 0.25) is 0 Å². The van der Waals surface area contributed by atoms with E-state index in [2.05, 4.69) is 42.0 Å². The van der Waals surface area contributed by atoms with E-state index in [1.165, 1.54) is 18.1 Å². The highest BCUT2D eigenvalue weighted by atomic mass is 16.1. The molecule has 2 heterocycles. The number of nitrogens with two attached hydrogens (primary N) is 1. The molecule has 4 nitrogen and oxygen atoms in total. The van der Waals surface area contributed by atoms with Crippen molar-refractivity contribution in [2.24, 2.45) is 0 Å². The summed E-state index contributed by atoms with van der Waals surface area (Å²) in [5.41, 5.74) is 11.5. The molecule has 0 saturated carbocycles. The van der Waals surface area contributed by atoms with Crippen LogP contribution in [0.2, 0.25) is 0 Å². The number of aryl methyl sites for hydroxylation is 2. The van der Waals surface area contributed by atoms with Crippen LogP contribution in [0.3, 0.4) is 0 Å². The number of aromatic nitrogens is 2. The van der Waals surface area contributed by atoms with Gasteiger partial charge in [-0.2, -0.15) is 0 Å². The fourth-order valence-electron chi connectivity index (χ4n) is 3.20. The zero-order chi connectivity index (χ0) is 20.1. The van der Waals surface area contributed by atoms with Gasteiger partial charge in [-0.1, -0.05) is 56.3 Å². The molecule has 2 aromatic heterocycles. The minimum Gasteiger partial charge on any atom is -0.398 e. The van der Waals surface area contributed by atoms with E-state index in [0.717, 1.165) is 40.3 Å². The molecule has 0 aliphatic rings. The van der Waals surface area contributed by atoms with Crippen molar-refractivity contribution >= 4 is 33.3 Å². The van der Waals surface area contributed by atoms with Gasteiger partial charge < -0.3 is 5.73 Å². The maximum absolute atomic E-state index is 11.3. The van der Waals surface area contributed by atoms with Gasteiger partial charge in [0, 0.05) is 29.6 Å². The fourth-order valence-corrected chi connectivity index (χ4v) is 3.20. The van der Waals surface area contributed by atoms with E-state index in [1.807, 2.05) is 30.3 Å². The number of carbonyl (C=O) groups excluding carboxylic acids is 1. The smallest absolute Gasteiger partial charge is 0.178 e. The summed E-state index contributed by atoms with van der Waals surface area (Å²) in [5.74, 6) is -0.0279. The summed E-state index contributed by atoms with van der Waals surface area (Å²) >= 11 is 0. The molecule has 0 unspecified atom stereocenters. The van der Waals surface area contributed by atoms with Crippen molar-refractivity contribution in [3.8, 4) is 0 Å². The lowest BCUT2D eigenvalue weighted by Crippen LogP contribution is -1.97. The lowest BCUT2D eigenvalue weighted by atomic mass is 10.0. The number of rotatable bonds is 3. The van der Waals surface area contributed by atoms with Crippen LogP contribution in [0.5, 0.6) is 0 Å². The van der Waals surface area contributed by atoms with Crippen LogP contribution in [-0.4, -0.2) is 15.8 Å².